The van der Waals surface area contributed by atoms with Gasteiger partial charge in [0.2, 0.25) is 5.88 Å². The fourth-order valence-electron chi connectivity index (χ4n) is 1.73. The Morgan fingerprint density at radius 2 is 2.00 bits per heavy atom. The molecule has 0 aliphatic heterocycles. The Morgan fingerprint density at radius 3 is 2.67 bits per heavy atom. The molecule has 0 aliphatic rings. The van der Waals surface area contributed by atoms with Crippen LogP contribution in [0.1, 0.15) is 16.7 Å². The Balaban J connectivity index is 2.37. The molecule has 0 saturated carbocycles. The number of benzene rings is 1. The smallest absolute Gasteiger partial charge is 0.223 e. The summed E-state index contributed by atoms with van der Waals surface area (Å²) in [7, 11) is 0. The van der Waals surface area contributed by atoms with Gasteiger partial charge in [0, 0.05) is 23.3 Å². The summed E-state index contributed by atoms with van der Waals surface area (Å²) < 4.78 is 5.82. The van der Waals surface area contributed by atoms with Crippen molar-refractivity contribution < 1.29 is 4.74 Å². The minimum atomic E-state index is 0.404. The third-order valence-corrected chi connectivity index (χ3v) is 3.03. The van der Waals surface area contributed by atoms with Crippen molar-refractivity contribution in [2.75, 3.05) is 0 Å². The Morgan fingerprint density at radius 1 is 1.22 bits per heavy atom. The van der Waals surface area contributed by atoms with Crippen molar-refractivity contribution in [1.82, 2.24) is 4.98 Å². The van der Waals surface area contributed by atoms with Crippen LogP contribution in [0, 0.1) is 13.8 Å². The van der Waals surface area contributed by atoms with Crippen LogP contribution >= 0.6 is 11.6 Å². The Kier molecular flexibility index (Phi) is 3.84. The number of ether oxygens (including phenoxy) is 1. The maximum absolute atomic E-state index is 5.91. The molecule has 0 spiro atoms. The number of aromatic nitrogens is 1. The summed E-state index contributed by atoms with van der Waals surface area (Å²) >= 11 is 5.91. The number of rotatable bonds is 3. The molecule has 1 heterocycles. The lowest BCUT2D eigenvalue weighted by Crippen LogP contribution is -2.04. The molecule has 0 fully saturated rings. The van der Waals surface area contributed by atoms with Crippen molar-refractivity contribution in [2.24, 2.45) is 5.73 Å². The highest BCUT2D eigenvalue weighted by Gasteiger charge is 2.09. The highest BCUT2D eigenvalue weighted by atomic mass is 35.5. The topological polar surface area (TPSA) is 48.1 Å². The van der Waals surface area contributed by atoms with Crippen LogP contribution in [-0.4, -0.2) is 4.98 Å². The van der Waals surface area contributed by atoms with Gasteiger partial charge < -0.3 is 10.5 Å². The molecule has 0 unspecified atom stereocenters. The molecule has 94 valence electrons. The van der Waals surface area contributed by atoms with E-state index in [4.69, 9.17) is 22.1 Å². The van der Waals surface area contributed by atoms with E-state index in [2.05, 4.69) is 4.98 Å². The lowest BCUT2D eigenvalue weighted by Gasteiger charge is -2.12. The minimum Gasteiger partial charge on any atom is -0.438 e. The van der Waals surface area contributed by atoms with E-state index < -0.39 is 0 Å². The average Bonchev–Trinajstić information content (AvgIpc) is 2.33. The number of pyridine rings is 1. The van der Waals surface area contributed by atoms with Crippen LogP contribution in [0.4, 0.5) is 0 Å². The van der Waals surface area contributed by atoms with E-state index in [0.717, 1.165) is 22.4 Å². The third kappa shape index (κ3) is 2.63. The first kappa shape index (κ1) is 12.9. The van der Waals surface area contributed by atoms with Crippen molar-refractivity contribution in [3.05, 3.63) is 52.2 Å². The molecule has 0 radical (unpaired) electrons. The van der Waals surface area contributed by atoms with Crippen LogP contribution in [0.5, 0.6) is 11.6 Å². The van der Waals surface area contributed by atoms with Crippen LogP contribution in [0.3, 0.4) is 0 Å². The van der Waals surface area contributed by atoms with E-state index in [9.17, 15) is 0 Å². The molecule has 1 aromatic carbocycles. The van der Waals surface area contributed by atoms with Crippen molar-refractivity contribution in [1.29, 1.82) is 0 Å². The molecule has 0 aliphatic carbocycles. The third-order valence-electron chi connectivity index (χ3n) is 2.80. The first-order valence-electron chi connectivity index (χ1n) is 5.70. The van der Waals surface area contributed by atoms with Gasteiger partial charge in [-0.1, -0.05) is 11.6 Å². The lowest BCUT2D eigenvalue weighted by atomic mass is 10.1. The Hall–Kier alpha value is -1.58. The monoisotopic (exact) mass is 262 g/mol. The molecule has 0 atom stereocenters. The fraction of sp³-hybridized carbons (Fsp3) is 0.214. The summed E-state index contributed by atoms with van der Waals surface area (Å²) in [4.78, 5) is 4.23. The van der Waals surface area contributed by atoms with Gasteiger partial charge in [-0.3, -0.25) is 0 Å². The largest absolute Gasteiger partial charge is 0.438 e. The summed E-state index contributed by atoms with van der Waals surface area (Å²) in [6.45, 7) is 4.34. The molecule has 2 N–H and O–H groups in total. The number of hydrogen-bond donors (Lipinski definition) is 1. The Bertz CT molecular complexity index is 570. The van der Waals surface area contributed by atoms with Gasteiger partial charge in [0.15, 0.2) is 0 Å². The fourth-order valence-corrected chi connectivity index (χ4v) is 1.96. The zero-order chi connectivity index (χ0) is 13.1. The quantitative estimate of drug-likeness (QED) is 0.919. The first-order chi connectivity index (χ1) is 8.61. The molecule has 0 bridgehead atoms. The maximum Gasteiger partial charge on any atom is 0.223 e. The van der Waals surface area contributed by atoms with E-state index in [1.54, 1.807) is 12.3 Å². The van der Waals surface area contributed by atoms with Gasteiger partial charge >= 0.3 is 0 Å². The van der Waals surface area contributed by atoms with Crippen LogP contribution < -0.4 is 10.5 Å². The molecule has 4 heteroatoms. The van der Waals surface area contributed by atoms with Crippen molar-refractivity contribution >= 4 is 11.6 Å². The van der Waals surface area contributed by atoms with E-state index in [0.29, 0.717) is 17.4 Å². The summed E-state index contributed by atoms with van der Waals surface area (Å²) in [5, 5.41) is 0.691. The van der Waals surface area contributed by atoms with Crippen LogP contribution in [0.2, 0.25) is 5.02 Å². The average molecular weight is 263 g/mol. The highest BCUT2D eigenvalue weighted by molar-refractivity contribution is 6.30. The van der Waals surface area contributed by atoms with Gasteiger partial charge in [-0.2, -0.15) is 0 Å². The van der Waals surface area contributed by atoms with Crippen molar-refractivity contribution in [3.8, 4) is 11.6 Å². The normalized spacial score (nSPS) is 10.4. The molecule has 1 aromatic heterocycles. The summed E-state index contributed by atoms with van der Waals surface area (Å²) in [5.74, 6) is 1.30. The van der Waals surface area contributed by atoms with Gasteiger partial charge in [0.05, 0.1) is 0 Å². The van der Waals surface area contributed by atoms with Crippen molar-refractivity contribution in [3.63, 3.8) is 0 Å². The summed E-state index contributed by atoms with van der Waals surface area (Å²) in [6.07, 6.45) is 1.72. The van der Waals surface area contributed by atoms with Crippen LogP contribution in [-0.2, 0) is 6.54 Å². The second-order valence-corrected chi connectivity index (χ2v) is 4.56. The van der Waals surface area contributed by atoms with Crippen molar-refractivity contribution in [2.45, 2.75) is 20.4 Å². The molecular weight excluding hydrogens is 248 g/mol. The summed E-state index contributed by atoms with van der Waals surface area (Å²) in [5.41, 5.74) is 8.69. The Labute approximate surface area is 112 Å². The van der Waals surface area contributed by atoms with Gasteiger partial charge in [-0.05, 0) is 49.2 Å². The van der Waals surface area contributed by atoms with Gasteiger partial charge in [0.1, 0.15) is 5.75 Å². The molecule has 2 rings (SSSR count). The van der Waals surface area contributed by atoms with E-state index in [-0.39, 0.29) is 0 Å². The number of nitrogens with zero attached hydrogens (tertiary/aromatic N) is 1. The van der Waals surface area contributed by atoms with Gasteiger partial charge in [0.25, 0.3) is 0 Å². The van der Waals surface area contributed by atoms with Crippen LogP contribution in [0.25, 0.3) is 0 Å². The molecule has 0 saturated heterocycles. The molecule has 3 nitrogen and oxygen atoms in total. The predicted molar refractivity (Wildman–Crippen MR) is 73.1 cm³/mol. The number of nitrogens with two attached hydrogens (primary N) is 1. The molecular formula is C14H15ClN2O. The second kappa shape index (κ2) is 5.38. The number of aryl methyl sites for hydroxylation is 2. The standard InChI is InChI=1S/C14H15ClN2O/c1-9-5-6-17-14(12(9)8-16)18-13-4-3-11(15)7-10(13)2/h3-7H,8,16H2,1-2H3. The predicted octanol–water partition coefficient (Wildman–Crippen LogP) is 3.60. The zero-order valence-corrected chi connectivity index (χ0v) is 11.2. The maximum atomic E-state index is 5.91. The van der Waals surface area contributed by atoms with Gasteiger partial charge in [-0.25, -0.2) is 4.98 Å². The van der Waals surface area contributed by atoms with E-state index in [1.807, 2.05) is 32.0 Å². The lowest BCUT2D eigenvalue weighted by molar-refractivity contribution is 0.452. The van der Waals surface area contributed by atoms with E-state index in [1.165, 1.54) is 0 Å². The molecule has 2 aromatic rings. The minimum absolute atomic E-state index is 0.404. The summed E-state index contributed by atoms with van der Waals surface area (Å²) in [6, 6.07) is 7.41. The SMILES string of the molecule is Cc1cc(Cl)ccc1Oc1nccc(C)c1CN. The number of halogens is 1. The first-order valence-corrected chi connectivity index (χ1v) is 6.08. The number of hydrogen-bond acceptors (Lipinski definition) is 3. The second-order valence-electron chi connectivity index (χ2n) is 4.13. The van der Waals surface area contributed by atoms with E-state index >= 15 is 0 Å². The highest BCUT2D eigenvalue weighted by Crippen LogP contribution is 2.28. The zero-order valence-electron chi connectivity index (χ0n) is 10.4. The molecule has 0 amide bonds. The van der Waals surface area contributed by atoms with Gasteiger partial charge in [-0.15, -0.1) is 0 Å². The molecule has 18 heavy (non-hydrogen) atoms. The van der Waals surface area contributed by atoms with Crippen LogP contribution in [0.15, 0.2) is 30.5 Å².